The van der Waals surface area contributed by atoms with Crippen LogP contribution in [0.15, 0.2) is 34.7 Å². The van der Waals surface area contributed by atoms with Crippen molar-refractivity contribution in [3.63, 3.8) is 0 Å². The molecule has 1 heterocycles. The summed E-state index contributed by atoms with van der Waals surface area (Å²) in [4.78, 5) is 22.3. The van der Waals surface area contributed by atoms with Gasteiger partial charge in [0, 0.05) is 0 Å². The average molecular weight is 292 g/mol. The molecular formula is C14H13FN2O4. The first-order valence-electron chi connectivity index (χ1n) is 6.08. The van der Waals surface area contributed by atoms with Crippen LogP contribution in [-0.2, 0) is 6.54 Å². The number of furan rings is 1. The lowest BCUT2D eigenvalue weighted by atomic mass is 10.2. The van der Waals surface area contributed by atoms with Gasteiger partial charge in [0.05, 0.1) is 12.2 Å². The highest BCUT2D eigenvalue weighted by atomic mass is 19.1. The van der Waals surface area contributed by atoms with Gasteiger partial charge in [-0.2, -0.15) is 0 Å². The van der Waals surface area contributed by atoms with E-state index in [0.29, 0.717) is 0 Å². The molecule has 0 fully saturated rings. The maximum Gasteiger partial charge on any atom is 0.371 e. The van der Waals surface area contributed by atoms with Crippen LogP contribution in [0.1, 0.15) is 21.9 Å². The number of hydrogen-bond donors (Lipinski definition) is 3. The number of carbonyl (C=O) groups excluding carboxylic acids is 1. The van der Waals surface area contributed by atoms with E-state index in [1.165, 1.54) is 24.3 Å². The summed E-state index contributed by atoms with van der Waals surface area (Å²) in [6.45, 7) is 1.77. The van der Waals surface area contributed by atoms with Gasteiger partial charge in [0.2, 0.25) is 5.76 Å². The smallest absolute Gasteiger partial charge is 0.371 e. The summed E-state index contributed by atoms with van der Waals surface area (Å²) >= 11 is 0. The summed E-state index contributed by atoms with van der Waals surface area (Å²) in [5.74, 6) is -1.65. The number of anilines is 1. The molecule has 1 aromatic carbocycles. The van der Waals surface area contributed by atoms with Crippen molar-refractivity contribution in [1.82, 2.24) is 5.32 Å². The second-order valence-electron chi connectivity index (χ2n) is 4.36. The molecular weight excluding hydrogens is 279 g/mol. The molecule has 3 N–H and O–H groups in total. The van der Waals surface area contributed by atoms with E-state index in [0.717, 1.165) is 5.56 Å². The summed E-state index contributed by atoms with van der Waals surface area (Å²) in [5, 5.41) is 13.5. The van der Waals surface area contributed by atoms with E-state index in [-0.39, 0.29) is 23.8 Å². The molecule has 6 nitrogen and oxygen atoms in total. The molecule has 0 spiro atoms. The molecule has 0 atom stereocenters. The fraction of sp³-hybridized carbons (Fsp3) is 0.143. The molecule has 2 amide bonds. The number of carbonyl (C=O) groups is 2. The normalized spacial score (nSPS) is 10.2. The molecule has 21 heavy (non-hydrogen) atoms. The van der Waals surface area contributed by atoms with Crippen molar-refractivity contribution in [3.8, 4) is 0 Å². The SMILES string of the molecule is Cc1ccc(F)c(NC(=O)NCc2ccc(C(=O)O)o2)c1. The van der Waals surface area contributed by atoms with Crippen LogP contribution in [0.25, 0.3) is 0 Å². The lowest BCUT2D eigenvalue weighted by Crippen LogP contribution is -2.28. The van der Waals surface area contributed by atoms with Gasteiger partial charge in [-0.05, 0) is 36.8 Å². The van der Waals surface area contributed by atoms with Gasteiger partial charge in [-0.3, -0.25) is 0 Å². The first-order valence-corrected chi connectivity index (χ1v) is 6.08. The van der Waals surface area contributed by atoms with Gasteiger partial charge in [-0.25, -0.2) is 14.0 Å². The molecule has 0 bridgehead atoms. The summed E-state index contributed by atoms with van der Waals surface area (Å²) in [6, 6.07) is 6.47. The predicted molar refractivity (Wildman–Crippen MR) is 72.7 cm³/mol. The third kappa shape index (κ3) is 3.82. The Labute approximate surface area is 119 Å². The van der Waals surface area contributed by atoms with Crippen LogP contribution in [0.3, 0.4) is 0 Å². The molecule has 2 aromatic rings. The third-order valence-electron chi connectivity index (χ3n) is 2.67. The van der Waals surface area contributed by atoms with Crippen molar-refractivity contribution in [2.45, 2.75) is 13.5 Å². The largest absolute Gasteiger partial charge is 0.475 e. The highest BCUT2D eigenvalue weighted by Gasteiger charge is 2.10. The Bertz CT molecular complexity index is 681. The van der Waals surface area contributed by atoms with Crippen LogP contribution in [0.4, 0.5) is 14.9 Å². The highest BCUT2D eigenvalue weighted by molar-refractivity contribution is 5.89. The minimum absolute atomic E-state index is 0.00739. The van der Waals surface area contributed by atoms with E-state index in [4.69, 9.17) is 9.52 Å². The van der Waals surface area contributed by atoms with Crippen LogP contribution in [0.2, 0.25) is 0 Å². The van der Waals surface area contributed by atoms with E-state index in [1.807, 2.05) is 0 Å². The van der Waals surface area contributed by atoms with Gasteiger partial charge in [0.15, 0.2) is 0 Å². The van der Waals surface area contributed by atoms with E-state index < -0.39 is 17.8 Å². The number of aromatic carboxylic acids is 1. The lowest BCUT2D eigenvalue weighted by Gasteiger charge is -2.08. The van der Waals surface area contributed by atoms with Gasteiger partial charge < -0.3 is 20.2 Å². The number of hydrogen-bond acceptors (Lipinski definition) is 3. The quantitative estimate of drug-likeness (QED) is 0.808. The minimum atomic E-state index is -1.19. The Kier molecular flexibility index (Phi) is 4.22. The number of amides is 2. The third-order valence-corrected chi connectivity index (χ3v) is 2.67. The van der Waals surface area contributed by atoms with Crippen molar-refractivity contribution in [1.29, 1.82) is 0 Å². The van der Waals surface area contributed by atoms with E-state index >= 15 is 0 Å². The lowest BCUT2D eigenvalue weighted by molar-refractivity contribution is 0.0660. The number of carboxylic acids is 1. The Morgan fingerprint density at radius 2 is 2.05 bits per heavy atom. The van der Waals surface area contributed by atoms with Crippen LogP contribution < -0.4 is 10.6 Å². The molecule has 0 aliphatic heterocycles. The van der Waals surface area contributed by atoms with Crippen LogP contribution in [-0.4, -0.2) is 17.1 Å². The van der Waals surface area contributed by atoms with Gasteiger partial charge in [-0.15, -0.1) is 0 Å². The summed E-state index contributed by atoms with van der Waals surface area (Å²) < 4.78 is 18.4. The standard InChI is InChI=1S/C14H13FN2O4/c1-8-2-4-10(15)11(6-8)17-14(20)16-7-9-3-5-12(21-9)13(18)19/h2-6H,7H2,1H3,(H,18,19)(H2,16,17,20). The monoisotopic (exact) mass is 292 g/mol. The summed E-state index contributed by atoms with van der Waals surface area (Å²) in [6.07, 6.45) is 0. The van der Waals surface area contributed by atoms with Crippen molar-refractivity contribution in [2.75, 3.05) is 5.32 Å². The number of urea groups is 1. The first kappa shape index (κ1) is 14.6. The molecule has 2 rings (SSSR count). The zero-order valence-electron chi connectivity index (χ0n) is 11.1. The van der Waals surface area contributed by atoms with E-state index in [2.05, 4.69) is 10.6 Å². The number of carboxylic acid groups (broad SMARTS) is 1. The zero-order chi connectivity index (χ0) is 15.4. The van der Waals surface area contributed by atoms with Crippen molar-refractivity contribution in [3.05, 3.63) is 53.2 Å². The van der Waals surface area contributed by atoms with Crippen LogP contribution in [0, 0.1) is 12.7 Å². The molecule has 0 unspecified atom stereocenters. The molecule has 0 saturated heterocycles. The number of halogens is 1. The van der Waals surface area contributed by atoms with Crippen molar-refractivity contribution in [2.24, 2.45) is 0 Å². The second-order valence-corrected chi connectivity index (χ2v) is 4.36. The fourth-order valence-electron chi connectivity index (χ4n) is 1.66. The maximum absolute atomic E-state index is 13.5. The fourth-order valence-corrected chi connectivity index (χ4v) is 1.66. The summed E-state index contributed by atoms with van der Waals surface area (Å²) in [5.41, 5.74) is 0.877. The van der Waals surface area contributed by atoms with Gasteiger partial charge >= 0.3 is 12.0 Å². The molecule has 0 aliphatic carbocycles. The molecule has 0 aliphatic rings. The Balaban J connectivity index is 1.92. The number of aryl methyl sites for hydroxylation is 1. The van der Waals surface area contributed by atoms with Gasteiger partial charge in [0.25, 0.3) is 0 Å². The molecule has 7 heteroatoms. The van der Waals surface area contributed by atoms with Crippen LogP contribution in [0.5, 0.6) is 0 Å². The molecule has 1 aromatic heterocycles. The topological polar surface area (TPSA) is 91.6 Å². The van der Waals surface area contributed by atoms with Crippen molar-refractivity contribution < 1.29 is 23.5 Å². The Hall–Kier alpha value is -2.83. The Morgan fingerprint density at radius 1 is 1.29 bits per heavy atom. The van der Waals surface area contributed by atoms with Gasteiger partial charge in [-0.1, -0.05) is 6.07 Å². The average Bonchev–Trinajstić information content (AvgIpc) is 2.90. The Morgan fingerprint density at radius 3 is 2.71 bits per heavy atom. The summed E-state index contributed by atoms with van der Waals surface area (Å²) in [7, 11) is 0. The predicted octanol–water partition coefficient (Wildman–Crippen LogP) is 2.75. The second kappa shape index (κ2) is 6.08. The molecule has 110 valence electrons. The van der Waals surface area contributed by atoms with E-state index in [9.17, 15) is 14.0 Å². The van der Waals surface area contributed by atoms with Gasteiger partial charge in [0.1, 0.15) is 11.6 Å². The maximum atomic E-state index is 13.5. The molecule has 0 radical (unpaired) electrons. The first-order chi connectivity index (χ1) is 9.95. The van der Waals surface area contributed by atoms with Crippen LogP contribution >= 0.6 is 0 Å². The zero-order valence-corrected chi connectivity index (χ0v) is 11.1. The van der Waals surface area contributed by atoms with Crippen molar-refractivity contribution >= 4 is 17.7 Å². The number of rotatable bonds is 4. The molecule has 0 saturated carbocycles. The van der Waals surface area contributed by atoms with E-state index in [1.54, 1.807) is 13.0 Å². The number of benzene rings is 1. The number of nitrogens with one attached hydrogen (secondary N) is 2. The minimum Gasteiger partial charge on any atom is -0.475 e. The highest BCUT2D eigenvalue weighted by Crippen LogP contribution is 2.15.